The van der Waals surface area contributed by atoms with Gasteiger partial charge in [-0.3, -0.25) is 9.59 Å². The first-order valence-electron chi connectivity index (χ1n) is 30.3. The highest BCUT2D eigenvalue weighted by Crippen LogP contribution is 2.13. The van der Waals surface area contributed by atoms with Gasteiger partial charge in [-0.25, -0.2) is 4.79 Å². The van der Waals surface area contributed by atoms with Crippen molar-refractivity contribution in [1.82, 2.24) is 0 Å². The molecule has 0 fully saturated rings. The molecule has 0 aromatic rings. The van der Waals surface area contributed by atoms with E-state index in [1.807, 2.05) is 21.1 Å². The van der Waals surface area contributed by atoms with Crippen molar-refractivity contribution in [3.05, 3.63) is 170 Å². The minimum absolute atomic E-state index is 0.168. The molecule has 0 heterocycles. The van der Waals surface area contributed by atoms with Crippen molar-refractivity contribution in [1.29, 1.82) is 0 Å². The van der Waals surface area contributed by atoms with Crippen LogP contribution in [0.15, 0.2) is 170 Å². The lowest BCUT2D eigenvalue weighted by Gasteiger charge is -2.25. The van der Waals surface area contributed by atoms with E-state index in [4.69, 9.17) is 18.9 Å². The van der Waals surface area contributed by atoms with Crippen LogP contribution in [0, 0.1) is 0 Å². The number of quaternary nitrogens is 1. The number of hydrogen-bond acceptors (Lipinski definition) is 7. The van der Waals surface area contributed by atoms with Crippen LogP contribution in [0.5, 0.6) is 0 Å². The molecule has 79 heavy (non-hydrogen) atoms. The fourth-order valence-electron chi connectivity index (χ4n) is 7.38. The number of carbonyl (C=O) groups excluding carboxylic acids is 2. The van der Waals surface area contributed by atoms with Crippen molar-refractivity contribution in [2.75, 3.05) is 47.5 Å². The van der Waals surface area contributed by atoms with Crippen molar-refractivity contribution in [2.24, 2.45) is 0 Å². The second-order valence-corrected chi connectivity index (χ2v) is 20.5. The molecule has 2 unspecified atom stereocenters. The quantitative estimate of drug-likeness (QED) is 0.0211. The Hall–Kier alpha value is -5.35. The third-order valence-electron chi connectivity index (χ3n) is 12.0. The zero-order valence-electron chi connectivity index (χ0n) is 50.2. The van der Waals surface area contributed by atoms with Crippen molar-refractivity contribution < 1.29 is 42.9 Å². The van der Waals surface area contributed by atoms with Crippen LogP contribution in [0.2, 0.25) is 0 Å². The van der Waals surface area contributed by atoms with Gasteiger partial charge in [0, 0.05) is 12.8 Å². The molecule has 0 bridgehead atoms. The van der Waals surface area contributed by atoms with Crippen LogP contribution < -0.4 is 0 Å². The SMILES string of the molecule is CC/C=C\C/C=C\C/C=C\C/C=C\C/C=C\C/C=C\C/C=C\C/C=C\C/C=C\CCCCCC(=O)OC(COC(=O)CCCCCCCCC/C=C\C/C=C\C/C=C\C/C=C\C/C=C\CC)COC(OCC[N+](C)(C)C)C(=O)O. The van der Waals surface area contributed by atoms with E-state index < -0.39 is 24.3 Å². The Kier molecular flexibility index (Phi) is 54.8. The van der Waals surface area contributed by atoms with Gasteiger partial charge < -0.3 is 28.5 Å². The number of hydrogen-bond donors (Lipinski definition) is 1. The maximum absolute atomic E-state index is 12.9. The zero-order chi connectivity index (χ0) is 57.6. The first kappa shape index (κ1) is 73.7. The van der Waals surface area contributed by atoms with E-state index in [-0.39, 0.29) is 38.6 Å². The summed E-state index contributed by atoms with van der Waals surface area (Å²) in [5.41, 5.74) is 0. The molecular formula is C70H110NO8+. The molecular weight excluding hydrogens is 983 g/mol. The minimum atomic E-state index is -1.54. The number of carbonyl (C=O) groups is 3. The Labute approximate surface area is 482 Å². The first-order valence-corrected chi connectivity index (χ1v) is 30.3. The fourth-order valence-corrected chi connectivity index (χ4v) is 7.38. The molecule has 0 saturated carbocycles. The van der Waals surface area contributed by atoms with Gasteiger partial charge in [0.15, 0.2) is 6.10 Å². The fraction of sp³-hybridized carbons (Fsp3) is 0.557. The lowest BCUT2D eigenvalue weighted by Crippen LogP contribution is -2.40. The summed E-state index contributed by atoms with van der Waals surface area (Å²) in [6.45, 7) is 4.56. The van der Waals surface area contributed by atoms with Gasteiger partial charge in [-0.05, 0) is 128 Å². The number of unbranched alkanes of at least 4 members (excludes halogenated alkanes) is 10. The summed E-state index contributed by atoms with van der Waals surface area (Å²) in [5.74, 6) is -2.09. The predicted octanol–water partition coefficient (Wildman–Crippen LogP) is 18.3. The summed E-state index contributed by atoms with van der Waals surface area (Å²) < 4.78 is 22.8. The van der Waals surface area contributed by atoms with Crippen LogP contribution in [-0.4, -0.2) is 87.4 Å². The molecule has 0 aliphatic carbocycles. The predicted molar refractivity (Wildman–Crippen MR) is 336 cm³/mol. The van der Waals surface area contributed by atoms with E-state index in [9.17, 15) is 19.5 Å². The number of likely N-dealkylation sites (N-methyl/N-ethyl adjacent to an activating group) is 1. The molecule has 9 heteroatoms. The van der Waals surface area contributed by atoms with Crippen LogP contribution in [0.25, 0.3) is 0 Å². The second kappa shape index (κ2) is 58.8. The summed E-state index contributed by atoms with van der Waals surface area (Å²) in [7, 11) is 5.94. The van der Waals surface area contributed by atoms with E-state index in [1.165, 1.54) is 19.3 Å². The average Bonchev–Trinajstić information content (AvgIpc) is 3.42. The van der Waals surface area contributed by atoms with Crippen LogP contribution >= 0.6 is 0 Å². The molecule has 0 aliphatic heterocycles. The summed E-state index contributed by atoms with van der Waals surface area (Å²) in [5, 5.41) is 9.71. The largest absolute Gasteiger partial charge is 0.477 e. The zero-order valence-corrected chi connectivity index (χ0v) is 50.2. The highest BCUT2D eigenvalue weighted by Gasteiger charge is 2.25. The topological polar surface area (TPSA) is 108 Å². The highest BCUT2D eigenvalue weighted by molar-refractivity contribution is 5.71. The molecule has 442 valence electrons. The first-order chi connectivity index (χ1) is 38.6. The molecule has 1 N–H and O–H groups in total. The number of carboxylic acids is 1. The third-order valence-corrected chi connectivity index (χ3v) is 12.0. The van der Waals surface area contributed by atoms with Gasteiger partial charge in [-0.15, -0.1) is 0 Å². The third kappa shape index (κ3) is 60.1. The van der Waals surface area contributed by atoms with E-state index >= 15 is 0 Å². The molecule has 0 spiro atoms. The number of nitrogens with zero attached hydrogens (tertiary/aromatic N) is 1. The molecule has 0 aliphatic rings. The Bertz CT molecular complexity index is 1900. The van der Waals surface area contributed by atoms with Crippen molar-refractivity contribution in [3.63, 3.8) is 0 Å². The van der Waals surface area contributed by atoms with Gasteiger partial charge in [0.1, 0.15) is 13.2 Å². The number of aliphatic carboxylic acids is 1. The Balaban J connectivity index is 4.39. The summed E-state index contributed by atoms with van der Waals surface area (Å²) >= 11 is 0. The standard InChI is InChI=1S/C70H109NO8/c1-6-8-10-12-14-16-18-20-22-24-26-28-30-31-32-33-34-35-36-37-39-41-43-45-47-49-51-53-55-57-59-61-68(73)79-66(65-78-70(69(74)75)76-63-62-71(3,4)5)64-77-67(72)60-58-56-54-52-50-48-46-44-42-40-38-29-27-25-23-21-19-17-15-13-11-9-7-2/h8-11,14-17,20-23,26-29,31-32,34-35,37,39-40,42-43,45,49,51,66,70H,6-7,12-13,18-19,24-25,30,33,36,38,41,44,46-48,50,52-65H2,1-5H3/p+1/b10-8-,11-9-,16-14-,17-15-,22-20-,23-21-,28-26-,29-27-,32-31-,35-34-,39-37-,42-40-,45-43-,51-49-. The van der Waals surface area contributed by atoms with E-state index in [1.54, 1.807) is 0 Å². The molecule has 0 amide bonds. The van der Waals surface area contributed by atoms with Gasteiger partial charge in [-0.2, -0.15) is 0 Å². The van der Waals surface area contributed by atoms with Crippen molar-refractivity contribution in [2.45, 2.75) is 206 Å². The second-order valence-electron chi connectivity index (χ2n) is 20.5. The molecule has 2 atom stereocenters. The normalized spacial score (nSPS) is 14.0. The average molecular weight is 1090 g/mol. The Morgan fingerprint density at radius 3 is 1.03 bits per heavy atom. The smallest absolute Gasteiger partial charge is 0.361 e. The summed E-state index contributed by atoms with van der Waals surface area (Å²) in [6.07, 6.45) is 85.7. The van der Waals surface area contributed by atoms with Gasteiger partial charge >= 0.3 is 17.9 Å². The maximum Gasteiger partial charge on any atom is 0.361 e. The van der Waals surface area contributed by atoms with Crippen LogP contribution in [0.4, 0.5) is 0 Å². The monoisotopic (exact) mass is 1090 g/mol. The van der Waals surface area contributed by atoms with E-state index in [0.717, 1.165) is 141 Å². The molecule has 0 radical (unpaired) electrons. The number of ether oxygens (including phenoxy) is 4. The summed E-state index contributed by atoms with van der Waals surface area (Å²) in [4.78, 5) is 37.5. The number of rotatable bonds is 53. The maximum atomic E-state index is 12.9. The van der Waals surface area contributed by atoms with Gasteiger partial charge in [0.05, 0.1) is 34.4 Å². The molecule has 0 aromatic heterocycles. The molecule has 0 aromatic carbocycles. The highest BCUT2D eigenvalue weighted by atomic mass is 16.7. The molecule has 0 saturated heterocycles. The van der Waals surface area contributed by atoms with Gasteiger partial charge in [0.2, 0.25) is 0 Å². The van der Waals surface area contributed by atoms with E-state index in [2.05, 4.69) is 184 Å². The minimum Gasteiger partial charge on any atom is -0.477 e. The Morgan fingerprint density at radius 1 is 0.380 bits per heavy atom. The lowest BCUT2D eigenvalue weighted by atomic mass is 10.1. The van der Waals surface area contributed by atoms with E-state index in [0.29, 0.717) is 17.4 Å². The van der Waals surface area contributed by atoms with Crippen molar-refractivity contribution >= 4 is 17.9 Å². The van der Waals surface area contributed by atoms with Crippen molar-refractivity contribution in [3.8, 4) is 0 Å². The van der Waals surface area contributed by atoms with Gasteiger partial charge in [-0.1, -0.05) is 223 Å². The van der Waals surface area contributed by atoms with Crippen LogP contribution in [0.1, 0.15) is 194 Å². The number of esters is 2. The summed E-state index contributed by atoms with van der Waals surface area (Å²) in [6, 6.07) is 0. The van der Waals surface area contributed by atoms with Crippen LogP contribution in [0.3, 0.4) is 0 Å². The Morgan fingerprint density at radius 2 is 0.684 bits per heavy atom. The molecule has 9 nitrogen and oxygen atoms in total. The number of allylic oxidation sites excluding steroid dienone is 28. The number of carboxylic acid groups (broad SMARTS) is 1. The lowest BCUT2D eigenvalue weighted by molar-refractivity contribution is -0.870. The van der Waals surface area contributed by atoms with Crippen LogP contribution in [-0.2, 0) is 33.3 Å². The molecule has 0 rings (SSSR count). The van der Waals surface area contributed by atoms with Gasteiger partial charge in [0.25, 0.3) is 6.29 Å².